The van der Waals surface area contributed by atoms with Gasteiger partial charge in [-0.15, -0.1) is 0 Å². The first kappa shape index (κ1) is 6.79. The zero-order chi connectivity index (χ0) is 7.84. The maximum Gasteiger partial charge on any atom is 0.197 e. The first-order valence-corrected chi connectivity index (χ1v) is 4.00. The molecule has 0 amide bonds. The average molecular weight is 212 g/mol. The van der Waals surface area contributed by atoms with Crippen molar-refractivity contribution in [2.24, 2.45) is 7.05 Å². The second kappa shape index (κ2) is 2.30. The lowest BCUT2D eigenvalue weighted by Gasteiger charge is -1.93. The monoisotopic (exact) mass is 211 g/mol. The van der Waals surface area contributed by atoms with Gasteiger partial charge in [0, 0.05) is 13.2 Å². The highest BCUT2D eigenvalue weighted by atomic mass is 79.9. The fourth-order valence-corrected chi connectivity index (χ4v) is 1.32. The minimum Gasteiger partial charge on any atom is -0.348 e. The van der Waals surface area contributed by atoms with Crippen molar-refractivity contribution in [3.05, 3.63) is 23.2 Å². The third-order valence-electron chi connectivity index (χ3n) is 1.60. The fourth-order valence-electron chi connectivity index (χ4n) is 1.02. The van der Waals surface area contributed by atoms with Crippen molar-refractivity contribution in [2.45, 2.75) is 0 Å². The van der Waals surface area contributed by atoms with Crippen LogP contribution in [0.5, 0.6) is 0 Å². The van der Waals surface area contributed by atoms with Gasteiger partial charge >= 0.3 is 0 Å². The Morgan fingerprint density at radius 2 is 2.36 bits per heavy atom. The average Bonchev–Trinajstić information content (AvgIpc) is 2.32. The van der Waals surface area contributed by atoms with E-state index in [1.165, 1.54) is 0 Å². The second-order valence-corrected chi connectivity index (χ2v) is 3.05. The van der Waals surface area contributed by atoms with E-state index in [9.17, 15) is 0 Å². The van der Waals surface area contributed by atoms with E-state index in [1.807, 2.05) is 23.9 Å². The van der Waals surface area contributed by atoms with Gasteiger partial charge in [0.2, 0.25) is 0 Å². The lowest BCUT2D eigenvalue weighted by molar-refractivity contribution is 0.960. The number of aromatic nitrogens is 3. The largest absolute Gasteiger partial charge is 0.348 e. The van der Waals surface area contributed by atoms with Crippen molar-refractivity contribution in [3.63, 3.8) is 0 Å². The molecule has 0 aliphatic carbocycles. The van der Waals surface area contributed by atoms with E-state index in [4.69, 9.17) is 0 Å². The summed E-state index contributed by atoms with van der Waals surface area (Å²) in [5.41, 5.74) is 2.02. The van der Waals surface area contributed by atoms with E-state index in [-0.39, 0.29) is 0 Å². The SMILES string of the molecule is Cn1ccc2nc(Br)ncc21. The summed E-state index contributed by atoms with van der Waals surface area (Å²) in [5, 5.41) is 0. The predicted molar refractivity (Wildman–Crippen MR) is 46.2 cm³/mol. The zero-order valence-electron chi connectivity index (χ0n) is 5.95. The van der Waals surface area contributed by atoms with Crippen LogP contribution in [0.15, 0.2) is 23.2 Å². The maximum atomic E-state index is 4.18. The Morgan fingerprint density at radius 3 is 3.18 bits per heavy atom. The molecule has 2 heterocycles. The van der Waals surface area contributed by atoms with Crippen molar-refractivity contribution in [1.82, 2.24) is 14.5 Å². The molecule has 11 heavy (non-hydrogen) atoms. The van der Waals surface area contributed by atoms with Crippen LogP contribution < -0.4 is 0 Å². The molecule has 2 aromatic heterocycles. The first-order valence-electron chi connectivity index (χ1n) is 3.21. The van der Waals surface area contributed by atoms with Gasteiger partial charge in [-0.1, -0.05) is 0 Å². The molecule has 4 heteroatoms. The van der Waals surface area contributed by atoms with Gasteiger partial charge < -0.3 is 4.57 Å². The molecule has 0 radical (unpaired) electrons. The third-order valence-corrected chi connectivity index (χ3v) is 1.99. The molecule has 0 saturated carbocycles. The van der Waals surface area contributed by atoms with Crippen LogP contribution in [0, 0.1) is 0 Å². The Labute approximate surface area is 72.2 Å². The summed E-state index contributed by atoms with van der Waals surface area (Å²) in [6, 6.07) is 1.96. The lowest BCUT2D eigenvalue weighted by atomic mass is 10.5. The third kappa shape index (κ3) is 1.03. The van der Waals surface area contributed by atoms with Crippen molar-refractivity contribution >= 4 is 27.0 Å². The number of fused-ring (bicyclic) bond motifs is 1. The van der Waals surface area contributed by atoms with E-state index in [0.717, 1.165) is 11.0 Å². The van der Waals surface area contributed by atoms with Crippen LogP contribution in [-0.2, 0) is 7.05 Å². The summed E-state index contributed by atoms with van der Waals surface area (Å²) >= 11 is 3.21. The minimum atomic E-state index is 0.635. The molecule has 0 atom stereocenters. The van der Waals surface area contributed by atoms with Gasteiger partial charge in [-0.05, 0) is 22.0 Å². The molecular weight excluding hydrogens is 206 g/mol. The quantitative estimate of drug-likeness (QED) is 0.622. The Balaban J connectivity index is 2.86. The molecule has 3 nitrogen and oxygen atoms in total. The van der Waals surface area contributed by atoms with Gasteiger partial charge in [-0.25, -0.2) is 9.97 Å². The van der Waals surface area contributed by atoms with Crippen LogP contribution in [0.4, 0.5) is 0 Å². The Hall–Kier alpha value is -0.900. The molecule has 0 unspecified atom stereocenters. The van der Waals surface area contributed by atoms with Crippen LogP contribution in [0.25, 0.3) is 11.0 Å². The van der Waals surface area contributed by atoms with E-state index in [2.05, 4.69) is 25.9 Å². The van der Waals surface area contributed by atoms with E-state index < -0.39 is 0 Å². The van der Waals surface area contributed by atoms with Crippen molar-refractivity contribution in [3.8, 4) is 0 Å². The van der Waals surface area contributed by atoms with Crippen molar-refractivity contribution in [2.75, 3.05) is 0 Å². The molecule has 0 fully saturated rings. The number of nitrogens with zero attached hydrogens (tertiary/aromatic N) is 3. The zero-order valence-corrected chi connectivity index (χ0v) is 7.54. The van der Waals surface area contributed by atoms with Gasteiger partial charge in [0.1, 0.15) is 0 Å². The number of hydrogen-bond donors (Lipinski definition) is 0. The van der Waals surface area contributed by atoms with Crippen LogP contribution in [0.1, 0.15) is 0 Å². The maximum absolute atomic E-state index is 4.18. The van der Waals surface area contributed by atoms with Crippen molar-refractivity contribution < 1.29 is 0 Å². The molecule has 0 N–H and O–H groups in total. The van der Waals surface area contributed by atoms with Gasteiger partial charge in [0.25, 0.3) is 0 Å². The summed E-state index contributed by atoms with van der Waals surface area (Å²) in [5.74, 6) is 0. The summed E-state index contributed by atoms with van der Waals surface area (Å²) in [7, 11) is 1.97. The number of aryl methyl sites for hydroxylation is 1. The molecule has 0 aliphatic heterocycles. The Kier molecular flexibility index (Phi) is 1.42. The minimum absolute atomic E-state index is 0.635. The molecule has 2 rings (SSSR count). The molecule has 0 saturated heterocycles. The molecule has 56 valence electrons. The van der Waals surface area contributed by atoms with Crippen molar-refractivity contribution in [1.29, 1.82) is 0 Å². The van der Waals surface area contributed by atoms with Gasteiger partial charge in [0.05, 0.1) is 17.2 Å². The number of rotatable bonds is 0. The second-order valence-electron chi connectivity index (χ2n) is 2.34. The number of halogens is 1. The van der Waals surface area contributed by atoms with E-state index >= 15 is 0 Å². The standard InChI is InChI=1S/C7H6BrN3/c1-11-3-2-5-6(11)4-9-7(8)10-5/h2-4H,1H3. The van der Waals surface area contributed by atoms with Gasteiger partial charge in [-0.2, -0.15) is 0 Å². The Morgan fingerprint density at radius 1 is 1.55 bits per heavy atom. The number of hydrogen-bond acceptors (Lipinski definition) is 2. The molecule has 2 aromatic rings. The smallest absolute Gasteiger partial charge is 0.197 e. The highest BCUT2D eigenvalue weighted by molar-refractivity contribution is 9.10. The summed E-state index contributed by atoms with van der Waals surface area (Å²) in [6.45, 7) is 0. The summed E-state index contributed by atoms with van der Waals surface area (Å²) < 4.78 is 2.62. The highest BCUT2D eigenvalue weighted by Crippen LogP contribution is 2.12. The van der Waals surface area contributed by atoms with Crippen LogP contribution in [0.3, 0.4) is 0 Å². The summed E-state index contributed by atoms with van der Waals surface area (Å²) in [4.78, 5) is 8.21. The molecule has 0 aliphatic rings. The van der Waals surface area contributed by atoms with Gasteiger partial charge in [-0.3, -0.25) is 0 Å². The van der Waals surface area contributed by atoms with Crippen LogP contribution in [-0.4, -0.2) is 14.5 Å². The van der Waals surface area contributed by atoms with Gasteiger partial charge in [0.15, 0.2) is 4.73 Å². The first-order chi connectivity index (χ1) is 5.27. The fraction of sp³-hybridized carbons (Fsp3) is 0.143. The molecular formula is C7H6BrN3. The molecule has 0 bridgehead atoms. The molecule has 0 aromatic carbocycles. The topological polar surface area (TPSA) is 30.7 Å². The normalized spacial score (nSPS) is 10.7. The van der Waals surface area contributed by atoms with E-state index in [0.29, 0.717) is 4.73 Å². The Bertz CT molecular complexity index is 393. The predicted octanol–water partition coefficient (Wildman–Crippen LogP) is 1.73. The highest BCUT2D eigenvalue weighted by Gasteiger charge is 1.98. The molecule has 0 spiro atoms. The summed E-state index contributed by atoms with van der Waals surface area (Å²) in [6.07, 6.45) is 3.76. The van der Waals surface area contributed by atoms with E-state index in [1.54, 1.807) is 6.20 Å². The van der Waals surface area contributed by atoms with Crippen LogP contribution in [0.2, 0.25) is 0 Å². The van der Waals surface area contributed by atoms with Crippen LogP contribution >= 0.6 is 15.9 Å². The lowest BCUT2D eigenvalue weighted by Crippen LogP contribution is -1.87.